The fraction of sp³-hybridized carbons (Fsp3) is 0.0833. The summed E-state index contributed by atoms with van der Waals surface area (Å²) in [6.45, 7) is 0. The van der Waals surface area contributed by atoms with Gasteiger partial charge in [-0.25, -0.2) is 9.50 Å². The Morgan fingerprint density at radius 1 is 1.18 bits per heavy atom. The molecule has 2 aromatic heterocycles. The van der Waals surface area contributed by atoms with E-state index in [1.54, 1.807) is 17.8 Å². The van der Waals surface area contributed by atoms with E-state index in [-0.39, 0.29) is 0 Å². The van der Waals surface area contributed by atoms with Gasteiger partial charge in [-0.05, 0) is 30.3 Å². The molecule has 1 aromatic carbocycles. The molecule has 0 aliphatic rings. The van der Waals surface area contributed by atoms with Gasteiger partial charge in [0.1, 0.15) is 5.75 Å². The van der Waals surface area contributed by atoms with Gasteiger partial charge in [0.05, 0.1) is 7.11 Å². The Balaban J connectivity index is 2.07. The van der Waals surface area contributed by atoms with Gasteiger partial charge in [-0.1, -0.05) is 0 Å². The topological polar surface area (TPSA) is 52.3 Å². The third-order valence-corrected chi connectivity index (χ3v) is 2.46. The van der Waals surface area contributed by atoms with Crippen LogP contribution in [0.2, 0.25) is 0 Å². The summed E-state index contributed by atoms with van der Waals surface area (Å²) in [6, 6.07) is 9.43. The maximum Gasteiger partial charge on any atom is 0.252 e. The minimum absolute atomic E-state index is 0.596. The molecule has 0 saturated carbocycles. The number of hydrogen-bond donors (Lipinski definition) is 0. The van der Waals surface area contributed by atoms with Gasteiger partial charge in [0.15, 0.2) is 5.82 Å². The van der Waals surface area contributed by atoms with Gasteiger partial charge in [0.25, 0.3) is 5.78 Å². The van der Waals surface area contributed by atoms with Gasteiger partial charge in [0.2, 0.25) is 0 Å². The SMILES string of the molecule is COc1ccc(-c2nc3ncccn3n2)cc1. The molecular formula is C12H10N4O. The number of fused-ring (bicyclic) bond motifs is 1. The van der Waals surface area contributed by atoms with Crippen LogP contribution in [0.5, 0.6) is 5.75 Å². The van der Waals surface area contributed by atoms with Gasteiger partial charge in [-0.15, -0.1) is 5.10 Å². The second-order valence-electron chi connectivity index (χ2n) is 3.53. The molecule has 3 rings (SSSR count). The van der Waals surface area contributed by atoms with E-state index in [4.69, 9.17) is 4.74 Å². The maximum atomic E-state index is 5.11. The number of benzene rings is 1. The first-order chi connectivity index (χ1) is 8.36. The molecule has 0 aliphatic heterocycles. The van der Waals surface area contributed by atoms with Crippen LogP contribution >= 0.6 is 0 Å². The number of hydrogen-bond acceptors (Lipinski definition) is 4. The zero-order valence-corrected chi connectivity index (χ0v) is 9.24. The summed E-state index contributed by atoms with van der Waals surface area (Å²) in [7, 11) is 1.64. The zero-order valence-electron chi connectivity index (χ0n) is 9.24. The second kappa shape index (κ2) is 3.86. The Morgan fingerprint density at radius 3 is 2.71 bits per heavy atom. The van der Waals surface area contributed by atoms with Crippen molar-refractivity contribution in [3.05, 3.63) is 42.7 Å². The summed E-state index contributed by atoms with van der Waals surface area (Å²) < 4.78 is 6.76. The lowest BCUT2D eigenvalue weighted by molar-refractivity contribution is 0.415. The van der Waals surface area contributed by atoms with Crippen LogP contribution in [0.15, 0.2) is 42.7 Å². The average Bonchev–Trinajstić information content (AvgIpc) is 2.82. The van der Waals surface area contributed by atoms with Crippen LogP contribution in [0.1, 0.15) is 0 Å². The van der Waals surface area contributed by atoms with E-state index >= 15 is 0 Å². The summed E-state index contributed by atoms with van der Waals surface area (Å²) >= 11 is 0. The lowest BCUT2D eigenvalue weighted by atomic mass is 10.2. The molecule has 0 aliphatic carbocycles. The van der Waals surface area contributed by atoms with Gasteiger partial charge in [0, 0.05) is 18.0 Å². The molecule has 0 radical (unpaired) electrons. The first kappa shape index (κ1) is 9.77. The molecule has 5 heteroatoms. The second-order valence-corrected chi connectivity index (χ2v) is 3.53. The van der Waals surface area contributed by atoms with Crippen molar-refractivity contribution >= 4 is 5.78 Å². The predicted octanol–water partition coefficient (Wildman–Crippen LogP) is 1.80. The van der Waals surface area contributed by atoms with E-state index < -0.39 is 0 Å². The molecule has 0 amide bonds. The van der Waals surface area contributed by atoms with E-state index in [2.05, 4.69) is 15.1 Å². The highest BCUT2D eigenvalue weighted by atomic mass is 16.5. The van der Waals surface area contributed by atoms with Crippen molar-refractivity contribution in [3.8, 4) is 17.1 Å². The van der Waals surface area contributed by atoms with Gasteiger partial charge in [-0.3, -0.25) is 0 Å². The smallest absolute Gasteiger partial charge is 0.252 e. The standard InChI is InChI=1S/C12H10N4O/c1-17-10-5-3-9(4-6-10)11-14-12-13-7-2-8-16(12)15-11/h2-8H,1H3. The lowest BCUT2D eigenvalue weighted by Gasteiger charge is -1.99. The van der Waals surface area contributed by atoms with Crippen molar-refractivity contribution in [1.29, 1.82) is 0 Å². The molecule has 0 fully saturated rings. The Bertz CT molecular complexity index is 612. The molecule has 84 valence electrons. The van der Waals surface area contributed by atoms with Crippen LogP contribution in [-0.4, -0.2) is 26.7 Å². The number of rotatable bonds is 2. The normalized spacial score (nSPS) is 10.6. The van der Waals surface area contributed by atoms with Gasteiger partial charge >= 0.3 is 0 Å². The van der Waals surface area contributed by atoms with Crippen molar-refractivity contribution in [1.82, 2.24) is 19.6 Å². The lowest BCUT2D eigenvalue weighted by Crippen LogP contribution is -1.87. The monoisotopic (exact) mass is 226 g/mol. The molecular weight excluding hydrogens is 216 g/mol. The van der Waals surface area contributed by atoms with E-state index in [0.29, 0.717) is 11.6 Å². The fourth-order valence-corrected chi connectivity index (χ4v) is 1.60. The van der Waals surface area contributed by atoms with E-state index in [1.807, 2.05) is 36.5 Å². The highest BCUT2D eigenvalue weighted by Crippen LogP contribution is 2.19. The zero-order chi connectivity index (χ0) is 11.7. The van der Waals surface area contributed by atoms with E-state index in [9.17, 15) is 0 Å². The quantitative estimate of drug-likeness (QED) is 0.668. The van der Waals surface area contributed by atoms with Crippen molar-refractivity contribution in [2.45, 2.75) is 0 Å². The Hall–Kier alpha value is -2.43. The predicted molar refractivity (Wildman–Crippen MR) is 62.8 cm³/mol. The first-order valence-electron chi connectivity index (χ1n) is 5.18. The van der Waals surface area contributed by atoms with E-state index in [0.717, 1.165) is 11.3 Å². The van der Waals surface area contributed by atoms with Crippen LogP contribution in [0.25, 0.3) is 17.2 Å². The summed E-state index contributed by atoms with van der Waals surface area (Å²) in [5, 5.41) is 4.34. The van der Waals surface area contributed by atoms with Gasteiger partial charge < -0.3 is 4.74 Å². The van der Waals surface area contributed by atoms with Crippen molar-refractivity contribution in [2.75, 3.05) is 7.11 Å². The molecule has 3 aromatic rings. The molecule has 0 N–H and O–H groups in total. The molecule has 17 heavy (non-hydrogen) atoms. The molecule has 0 bridgehead atoms. The van der Waals surface area contributed by atoms with Gasteiger partial charge in [-0.2, -0.15) is 4.98 Å². The minimum atomic E-state index is 0.596. The first-order valence-corrected chi connectivity index (χ1v) is 5.18. The largest absolute Gasteiger partial charge is 0.497 e. The van der Waals surface area contributed by atoms with Crippen molar-refractivity contribution < 1.29 is 4.74 Å². The number of methoxy groups -OCH3 is 1. The van der Waals surface area contributed by atoms with Crippen LogP contribution in [0.4, 0.5) is 0 Å². The van der Waals surface area contributed by atoms with Crippen LogP contribution in [-0.2, 0) is 0 Å². The average molecular weight is 226 g/mol. The number of aromatic nitrogens is 4. The van der Waals surface area contributed by atoms with Crippen molar-refractivity contribution in [2.24, 2.45) is 0 Å². The summed E-state index contributed by atoms with van der Waals surface area (Å²) in [5.41, 5.74) is 0.941. The number of ether oxygens (including phenoxy) is 1. The van der Waals surface area contributed by atoms with Crippen LogP contribution in [0, 0.1) is 0 Å². The Morgan fingerprint density at radius 2 is 2.00 bits per heavy atom. The molecule has 0 atom stereocenters. The summed E-state index contributed by atoms with van der Waals surface area (Å²) in [6.07, 6.45) is 3.52. The third kappa shape index (κ3) is 1.71. The van der Waals surface area contributed by atoms with Crippen molar-refractivity contribution in [3.63, 3.8) is 0 Å². The Kier molecular flexibility index (Phi) is 2.22. The Labute approximate surface area is 97.7 Å². The molecule has 0 unspecified atom stereocenters. The van der Waals surface area contributed by atoms with E-state index in [1.165, 1.54) is 0 Å². The maximum absolute atomic E-state index is 5.11. The van der Waals surface area contributed by atoms with Crippen LogP contribution in [0.3, 0.4) is 0 Å². The third-order valence-electron chi connectivity index (χ3n) is 2.46. The van der Waals surface area contributed by atoms with Crippen LogP contribution < -0.4 is 4.74 Å². The molecule has 5 nitrogen and oxygen atoms in total. The summed E-state index contributed by atoms with van der Waals surface area (Å²) in [4.78, 5) is 8.46. The fourth-order valence-electron chi connectivity index (χ4n) is 1.60. The highest BCUT2D eigenvalue weighted by molar-refractivity contribution is 5.57. The highest BCUT2D eigenvalue weighted by Gasteiger charge is 2.06. The minimum Gasteiger partial charge on any atom is -0.497 e. The molecule has 0 saturated heterocycles. The molecule has 2 heterocycles. The number of nitrogens with zero attached hydrogens (tertiary/aromatic N) is 4. The summed E-state index contributed by atoms with van der Waals surface area (Å²) in [5.74, 6) is 2.07. The molecule has 0 spiro atoms.